The van der Waals surface area contributed by atoms with Crippen LogP contribution in [0.4, 0.5) is 49.4 Å². The molecule has 0 unspecified atom stereocenters. The Balaban J connectivity index is 0.000000803. The van der Waals surface area contributed by atoms with Crippen LogP contribution in [0, 0.1) is 40.5 Å². The molecule has 1 saturated heterocycles. The number of nitrogen functional groups attached to an aromatic ring is 1. The third kappa shape index (κ3) is 45.7. The van der Waals surface area contributed by atoms with E-state index in [4.69, 9.17) is 58.9 Å². The highest BCUT2D eigenvalue weighted by molar-refractivity contribution is 9.11. The number of carbonyl (C=O) groups excluding carboxylic acids is 2. The second kappa shape index (κ2) is 55.5. The van der Waals surface area contributed by atoms with Crippen molar-refractivity contribution in [2.75, 3.05) is 55.3 Å². The second-order valence-electron chi connectivity index (χ2n) is 40.8. The Kier molecular flexibility index (Phi) is 52.3. The van der Waals surface area contributed by atoms with Crippen LogP contribution in [-0.4, -0.2) is 139 Å². The van der Waals surface area contributed by atoms with Crippen LogP contribution in [0.15, 0.2) is 160 Å². The van der Waals surface area contributed by atoms with Gasteiger partial charge in [0.05, 0.1) is 30.9 Å². The first kappa shape index (κ1) is 126. The van der Waals surface area contributed by atoms with E-state index in [2.05, 4.69) is 248 Å². The van der Waals surface area contributed by atoms with Gasteiger partial charge in [0.25, 0.3) is 22.7 Å². The number of nitrogens with zero attached hydrogens (tertiary/aromatic N) is 4. The quantitative estimate of drug-likeness (QED) is 0.0129. The Morgan fingerprint density at radius 1 is 0.410 bits per heavy atom. The minimum atomic E-state index is -1.88. The SMILES string of the molecule is CC(C)(C)OC(=O)Nc1ccc(B2OC(C)(C)C(C)(C)O2)cc1CCO[Si](C)(C)C(C)(C)C.CC(C)(C)OC(=O)Nc1ccc(Br)cc1CCO[Si](C)(C)C(C)(C)C.CC(C)(C)[Si](C)(C)OCCc1cc(Br)ccc1N.CC(C)(C)[Si](C)(C)OCCc1cc(Br)ccc1[N+](=O)[O-].CCCl.CCc1cc(Br)ccc1[N+](=O)[O-].O=[N+]([O-])c1ccc(Br)cc1.O=[N+]([O-])c1ccc(Br)cc1CCO. The van der Waals surface area contributed by atoms with Crippen molar-refractivity contribution in [1.82, 2.24) is 0 Å². The first-order chi connectivity index (χ1) is 61.0. The molecule has 1 fully saturated rings. The second-order valence-corrected chi connectivity index (χ2v) is 66.0. The van der Waals surface area contributed by atoms with Gasteiger partial charge in [-0.3, -0.25) is 51.1 Å². The number of hydrogen-bond donors (Lipinski definition) is 4. The molecule has 0 spiro atoms. The highest BCUT2D eigenvalue weighted by atomic mass is 79.9. The predicted molar refractivity (Wildman–Crippen MR) is 582 cm³/mol. The summed E-state index contributed by atoms with van der Waals surface area (Å²) < 4.78 is 53.6. The van der Waals surface area contributed by atoms with E-state index in [9.17, 15) is 50.0 Å². The average Bonchev–Trinajstić information content (AvgIpc) is 1.62. The highest BCUT2D eigenvalue weighted by Gasteiger charge is 2.52. The summed E-state index contributed by atoms with van der Waals surface area (Å²) in [6.07, 6.45) is 2.88. The number of benzene rings is 7. The van der Waals surface area contributed by atoms with E-state index in [0.717, 1.165) is 91.3 Å². The van der Waals surface area contributed by atoms with Crippen LogP contribution in [0.1, 0.15) is 200 Å². The first-order valence-corrected chi connectivity index (χ1v) is 61.2. The van der Waals surface area contributed by atoms with Crippen molar-refractivity contribution in [2.24, 2.45) is 0 Å². The number of nitrogens with one attached hydrogen (secondary N) is 2. The normalized spacial score (nSPS) is 13.2. The summed E-state index contributed by atoms with van der Waals surface area (Å²) in [5, 5.41) is 57.3. The number of anilines is 3. The fourth-order valence-electron chi connectivity index (χ4n) is 10.7. The van der Waals surface area contributed by atoms with E-state index in [1.165, 1.54) is 30.3 Å². The molecular formula is C96H147BBr6ClN7O19Si4. The van der Waals surface area contributed by atoms with Crippen LogP contribution < -0.4 is 21.8 Å². The van der Waals surface area contributed by atoms with Crippen molar-refractivity contribution in [1.29, 1.82) is 0 Å². The van der Waals surface area contributed by atoms with Gasteiger partial charge in [0.2, 0.25) is 0 Å². The van der Waals surface area contributed by atoms with Gasteiger partial charge in [-0.05, 0) is 281 Å². The van der Waals surface area contributed by atoms with E-state index in [0.29, 0.717) is 62.3 Å². The highest BCUT2D eigenvalue weighted by Crippen LogP contribution is 2.42. The molecule has 0 saturated carbocycles. The number of hydrogen-bond acceptors (Lipinski definition) is 20. The summed E-state index contributed by atoms with van der Waals surface area (Å²) in [5.74, 6) is 0.722. The number of amides is 2. The van der Waals surface area contributed by atoms with Crippen molar-refractivity contribution in [2.45, 2.75) is 300 Å². The van der Waals surface area contributed by atoms with Crippen LogP contribution in [0.2, 0.25) is 72.5 Å². The van der Waals surface area contributed by atoms with Gasteiger partial charge in [-0.25, -0.2) is 9.59 Å². The Morgan fingerprint density at radius 2 is 0.679 bits per heavy atom. The number of aryl methyl sites for hydroxylation is 1. The summed E-state index contributed by atoms with van der Waals surface area (Å²) in [5.41, 5.74) is 12.9. The molecule has 0 bridgehead atoms. The van der Waals surface area contributed by atoms with Gasteiger partial charge in [0.15, 0.2) is 33.3 Å². The summed E-state index contributed by atoms with van der Waals surface area (Å²) >= 11 is 25.0. The molecule has 0 aromatic heterocycles. The number of halogens is 7. The summed E-state index contributed by atoms with van der Waals surface area (Å²) in [6.45, 7) is 70.0. The number of non-ortho nitro benzene ring substituents is 1. The van der Waals surface area contributed by atoms with Crippen LogP contribution in [0.5, 0.6) is 0 Å². The number of nitro groups is 4. The molecule has 38 heteroatoms. The van der Waals surface area contributed by atoms with Crippen LogP contribution >= 0.6 is 107 Å². The lowest BCUT2D eigenvalue weighted by molar-refractivity contribution is -0.385. The lowest BCUT2D eigenvalue weighted by atomic mass is 9.78. The largest absolute Gasteiger partial charge is 0.494 e. The minimum Gasteiger partial charge on any atom is -0.444 e. The van der Waals surface area contributed by atoms with Crippen LogP contribution in [-0.2, 0) is 75.0 Å². The molecule has 0 radical (unpaired) electrons. The zero-order chi connectivity index (χ0) is 104. The molecule has 5 N–H and O–H groups in total. The molecule has 0 aliphatic carbocycles. The molecule has 1 aliphatic heterocycles. The Morgan fingerprint density at radius 3 is 0.993 bits per heavy atom. The Hall–Kier alpha value is -5.70. The van der Waals surface area contributed by atoms with E-state index >= 15 is 0 Å². The maximum atomic E-state index is 12.4. The van der Waals surface area contributed by atoms with Crippen molar-refractivity contribution in [3.05, 3.63) is 234 Å². The number of aliphatic hydroxyl groups is 1. The molecule has 7 aromatic rings. The maximum Gasteiger partial charge on any atom is 0.494 e. The predicted octanol–water partition coefficient (Wildman–Crippen LogP) is 30.2. The molecule has 134 heavy (non-hydrogen) atoms. The van der Waals surface area contributed by atoms with Crippen molar-refractivity contribution < 1.29 is 70.9 Å². The van der Waals surface area contributed by atoms with E-state index in [1.807, 2.05) is 132 Å². The summed E-state index contributed by atoms with van der Waals surface area (Å²) in [7, 11) is -7.56. The van der Waals surface area contributed by atoms with Crippen molar-refractivity contribution in [3.8, 4) is 0 Å². The van der Waals surface area contributed by atoms with Gasteiger partial charge >= 0.3 is 19.3 Å². The zero-order valence-corrected chi connectivity index (χ0v) is 98.8. The van der Waals surface area contributed by atoms with Crippen LogP contribution in [0.25, 0.3) is 0 Å². The van der Waals surface area contributed by atoms with E-state index in [1.54, 1.807) is 48.5 Å². The monoisotopic (exact) mass is 2330 g/mol. The molecule has 1 heterocycles. The number of nitrogens with two attached hydrogens (primary N) is 1. The van der Waals surface area contributed by atoms with Gasteiger partial charge in [0.1, 0.15) is 11.2 Å². The van der Waals surface area contributed by atoms with E-state index in [-0.39, 0.29) is 59.4 Å². The standard InChI is InChI=1S/C25H44BNO5Si.C19H32BrNO3Si.C14H22BrNO3Si.C14H24BrNOSi.C8H8BrNO3.C8H8BrNO2.C6H4BrNO2.C2H5Cl/c1-22(2,3)30-21(28)27-20-14-13-19(26-31-24(7,8)25(9,10)32-26)17-18(20)15-16-29-33(11,12)23(4,5)6;1-18(2,3)24-17(22)21-16-10-9-15(20)13-14(16)11-12-23-25(7,8)19(4,5)6;1-14(2,3)20(4,5)19-9-8-11-10-12(15)6-7-13(11)16(17)18;1-14(2,3)18(4,5)17-9-8-11-10-12(15)6-7-13(11)16;9-7-1-2-8(10(12)13)6(5-7)3-4-11;1-2-6-5-7(9)3-4-8(6)10(11)12;7-5-1-3-6(4-2-5)8(9)10;1-2-3/h13-14,17H,15-16H2,1-12H3,(H,27,28);9-10,13H,11-12H2,1-8H3,(H,21,22);6-7,10H,8-9H2,1-5H3;6-7,10H,8-9,16H2,1-5H3;1-2,5,11H,3-4H2;3-5H,2H2,1H3;1-4H;2H2,1H3. The first-order valence-electron chi connectivity index (χ1n) is 44.3. The summed E-state index contributed by atoms with van der Waals surface area (Å²) in [4.78, 5) is 65.1. The van der Waals surface area contributed by atoms with Gasteiger partial charge < -0.3 is 47.3 Å². The van der Waals surface area contributed by atoms with Crippen LogP contribution in [0.3, 0.4) is 0 Å². The lowest BCUT2D eigenvalue weighted by Gasteiger charge is -2.36. The number of aliphatic hydroxyl groups excluding tert-OH is 1. The topological polar surface area (TPSA) is 351 Å². The number of rotatable bonds is 26. The molecule has 2 amide bonds. The lowest BCUT2D eigenvalue weighted by Crippen LogP contribution is -2.41. The molecule has 0 atom stereocenters. The van der Waals surface area contributed by atoms with Gasteiger partial charge in [-0.2, -0.15) is 0 Å². The van der Waals surface area contributed by atoms with Gasteiger partial charge in [-0.15, -0.1) is 11.6 Å². The molecule has 8 rings (SSSR count). The Bertz CT molecular complexity index is 4930. The fourth-order valence-corrected chi connectivity index (χ4v) is 17.2. The molecule has 1 aliphatic rings. The molecule has 748 valence electrons. The van der Waals surface area contributed by atoms with Crippen molar-refractivity contribution in [3.63, 3.8) is 0 Å². The fraction of sp³-hybridized carbons (Fsp3) is 0.542. The minimum absolute atomic E-state index is 0.0530. The number of nitro benzene ring substituents is 4. The number of ether oxygens (including phenoxy) is 2. The summed E-state index contributed by atoms with van der Waals surface area (Å²) in [6, 6.07) is 38.5. The van der Waals surface area contributed by atoms with Gasteiger partial charge in [0, 0.05) is 143 Å². The average molecular weight is 2340 g/mol. The third-order valence-electron chi connectivity index (χ3n) is 23.2. The molecule has 7 aromatic carbocycles. The zero-order valence-electron chi connectivity index (χ0n) is 84.6. The Labute approximate surface area is 857 Å². The third-order valence-corrected chi connectivity index (χ3v) is 44.3. The molecular weight excluding hydrogens is 2190 g/mol. The number of carbonyl (C=O) groups is 2. The molecule has 26 nitrogen and oxygen atoms in total. The van der Waals surface area contributed by atoms with E-state index < -0.39 is 84.8 Å². The van der Waals surface area contributed by atoms with Crippen molar-refractivity contribution >= 4 is 205 Å². The van der Waals surface area contributed by atoms with Gasteiger partial charge in [-0.1, -0.05) is 205 Å². The smallest absolute Gasteiger partial charge is 0.444 e. The maximum absolute atomic E-state index is 12.4. The number of alkyl halides is 1.